The fraction of sp³-hybridized carbons (Fsp3) is 0.0847. The van der Waals surface area contributed by atoms with Gasteiger partial charge in [0.25, 0.3) is 0 Å². The molecule has 0 saturated heterocycles. The fourth-order valence-corrected chi connectivity index (χ4v) is 9.80. The minimum atomic E-state index is -0.742. The molecule has 0 saturated carbocycles. The predicted octanol–water partition coefficient (Wildman–Crippen LogP) is 13.1. The molecule has 0 N–H and O–H groups in total. The van der Waals surface area contributed by atoms with Crippen LogP contribution in [0.1, 0.15) is 43.0 Å². The third-order valence-corrected chi connectivity index (χ3v) is 12.6. The number of rotatable bonds is 12. The van der Waals surface area contributed by atoms with Gasteiger partial charge in [-0.05, 0) is 102 Å². The normalized spacial score (nSPS) is 12.5. The monoisotopic (exact) mass is 846 g/mol. The maximum atomic E-state index is 13.1. The van der Waals surface area contributed by atoms with E-state index in [4.69, 9.17) is 18.9 Å². The number of benzene rings is 10. The summed E-state index contributed by atoms with van der Waals surface area (Å²) in [6.45, 7) is 0.571. The molecule has 1 aliphatic rings. The van der Waals surface area contributed by atoms with Gasteiger partial charge >= 0.3 is 11.9 Å². The second kappa shape index (κ2) is 16.8. The van der Waals surface area contributed by atoms with Crippen LogP contribution < -0.4 is 9.47 Å². The van der Waals surface area contributed by atoms with Gasteiger partial charge in [-0.2, -0.15) is 0 Å². The van der Waals surface area contributed by atoms with Gasteiger partial charge in [-0.3, -0.25) is 0 Å². The molecule has 0 radical (unpaired) electrons. The van der Waals surface area contributed by atoms with Crippen molar-refractivity contribution < 1.29 is 28.5 Å². The molecule has 314 valence electrons. The Kier molecular flexibility index (Phi) is 10.2. The lowest BCUT2D eigenvalue weighted by atomic mass is 9.65. The maximum absolute atomic E-state index is 13.1. The Morgan fingerprint density at radius 2 is 0.723 bits per heavy atom. The Bertz CT molecular complexity index is 3230. The van der Waals surface area contributed by atoms with E-state index in [-0.39, 0.29) is 38.4 Å². The molecule has 0 heterocycles. The highest BCUT2D eigenvalue weighted by Gasteiger charge is 2.47. The zero-order chi connectivity index (χ0) is 43.7. The van der Waals surface area contributed by atoms with Gasteiger partial charge in [0.1, 0.15) is 37.9 Å². The van der Waals surface area contributed by atoms with Gasteiger partial charge in [-0.15, -0.1) is 0 Å². The zero-order valence-corrected chi connectivity index (χ0v) is 35.4. The van der Waals surface area contributed by atoms with Crippen LogP contribution in [0.4, 0.5) is 0 Å². The molecule has 0 aromatic heterocycles. The van der Waals surface area contributed by atoms with Crippen molar-refractivity contribution in [2.45, 2.75) is 5.41 Å². The molecular weight excluding hydrogens is 805 g/mol. The Morgan fingerprint density at radius 1 is 0.338 bits per heavy atom. The minimum Gasteiger partial charge on any atom is -0.489 e. The summed E-state index contributed by atoms with van der Waals surface area (Å²) in [6.07, 6.45) is 0. The summed E-state index contributed by atoms with van der Waals surface area (Å²) in [5, 5.41) is 8.10. The van der Waals surface area contributed by atoms with Crippen LogP contribution in [0, 0.1) is 0 Å². The topological polar surface area (TPSA) is 71.1 Å². The van der Waals surface area contributed by atoms with Crippen molar-refractivity contribution in [2.24, 2.45) is 0 Å². The van der Waals surface area contributed by atoms with Crippen LogP contribution >= 0.6 is 0 Å². The first-order chi connectivity index (χ1) is 32.1. The molecule has 0 aliphatic heterocycles. The summed E-state index contributed by atoms with van der Waals surface area (Å²) in [6, 6.07) is 69.7. The van der Waals surface area contributed by atoms with E-state index in [0.29, 0.717) is 22.6 Å². The smallest absolute Gasteiger partial charge is 0.338 e. The van der Waals surface area contributed by atoms with E-state index < -0.39 is 5.41 Å². The molecule has 0 fully saturated rings. The number of hydrogen-bond acceptors (Lipinski definition) is 6. The molecule has 0 atom stereocenters. The zero-order valence-electron chi connectivity index (χ0n) is 35.4. The number of esters is 2. The molecule has 6 nitrogen and oxygen atoms in total. The molecule has 6 heteroatoms. The van der Waals surface area contributed by atoms with E-state index in [1.807, 2.05) is 97.1 Å². The minimum absolute atomic E-state index is 0.0969. The van der Waals surface area contributed by atoms with Crippen molar-refractivity contribution in [3.8, 4) is 22.6 Å². The Labute approximate surface area is 376 Å². The number of ether oxygens (including phenoxy) is 4. The van der Waals surface area contributed by atoms with Crippen molar-refractivity contribution in [1.29, 1.82) is 0 Å². The van der Waals surface area contributed by atoms with Crippen LogP contribution in [-0.4, -0.2) is 38.4 Å². The first-order valence-corrected chi connectivity index (χ1v) is 21.9. The number of carbonyl (C=O) groups is 2. The van der Waals surface area contributed by atoms with Gasteiger partial charge < -0.3 is 18.9 Å². The first kappa shape index (κ1) is 39.6. The summed E-state index contributed by atoms with van der Waals surface area (Å²) in [5.74, 6) is 0.639. The number of fused-ring (bicyclic) bond motifs is 7. The van der Waals surface area contributed by atoms with Crippen LogP contribution in [-0.2, 0) is 14.9 Å². The second-order valence-electron chi connectivity index (χ2n) is 16.2. The predicted molar refractivity (Wildman–Crippen MR) is 258 cm³/mol. The van der Waals surface area contributed by atoms with Crippen LogP contribution in [0.25, 0.3) is 54.2 Å². The van der Waals surface area contributed by atoms with E-state index in [2.05, 4.69) is 97.1 Å². The summed E-state index contributed by atoms with van der Waals surface area (Å²) < 4.78 is 24.3. The first-order valence-electron chi connectivity index (χ1n) is 21.9. The van der Waals surface area contributed by atoms with Crippen LogP contribution in [0.2, 0.25) is 0 Å². The van der Waals surface area contributed by atoms with Crippen molar-refractivity contribution in [2.75, 3.05) is 26.4 Å². The van der Waals surface area contributed by atoms with Gasteiger partial charge in [0.15, 0.2) is 0 Å². The highest BCUT2D eigenvalue weighted by atomic mass is 16.6. The van der Waals surface area contributed by atoms with E-state index in [0.717, 1.165) is 54.2 Å². The second-order valence-corrected chi connectivity index (χ2v) is 16.2. The Hall–Kier alpha value is -8.22. The van der Waals surface area contributed by atoms with Gasteiger partial charge in [0.05, 0.1) is 16.5 Å². The average molecular weight is 847 g/mol. The third-order valence-electron chi connectivity index (χ3n) is 12.6. The van der Waals surface area contributed by atoms with Crippen LogP contribution in [0.5, 0.6) is 11.5 Å². The van der Waals surface area contributed by atoms with Crippen LogP contribution in [0.15, 0.2) is 206 Å². The van der Waals surface area contributed by atoms with Crippen molar-refractivity contribution in [3.05, 3.63) is 240 Å². The summed E-state index contributed by atoms with van der Waals surface area (Å²) >= 11 is 0. The van der Waals surface area contributed by atoms with Gasteiger partial charge in [-0.1, -0.05) is 170 Å². The van der Waals surface area contributed by atoms with Crippen LogP contribution in [0.3, 0.4) is 0 Å². The van der Waals surface area contributed by atoms with E-state index >= 15 is 0 Å². The molecule has 0 amide bonds. The van der Waals surface area contributed by atoms with Gasteiger partial charge in [0, 0.05) is 10.8 Å². The Balaban J connectivity index is 0.921. The summed E-state index contributed by atoms with van der Waals surface area (Å²) in [5.41, 5.74) is 7.21. The molecule has 0 spiro atoms. The lowest BCUT2D eigenvalue weighted by Gasteiger charge is -2.36. The van der Waals surface area contributed by atoms with Crippen molar-refractivity contribution >= 4 is 55.0 Å². The Morgan fingerprint density at radius 3 is 1.20 bits per heavy atom. The van der Waals surface area contributed by atoms with Gasteiger partial charge in [-0.25, -0.2) is 9.59 Å². The molecule has 1 aliphatic carbocycles. The van der Waals surface area contributed by atoms with Crippen molar-refractivity contribution in [3.63, 3.8) is 0 Å². The quantitative estimate of drug-likeness (QED) is 0.0901. The SMILES string of the molecule is O=C(OCCOc1cccc2c(C3(c4cccc5c(OCCOC(=O)c6ccc7ccccc7c6)cccc45)c4ccccc4-c4ccccc43)cccc12)c1ccc2ccccc2c1. The summed E-state index contributed by atoms with van der Waals surface area (Å²) in [7, 11) is 0. The van der Waals surface area contributed by atoms with Gasteiger partial charge in [0.2, 0.25) is 0 Å². The highest BCUT2D eigenvalue weighted by molar-refractivity contribution is 6.01. The third kappa shape index (κ3) is 7.00. The largest absolute Gasteiger partial charge is 0.489 e. The van der Waals surface area contributed by atoms with Crippen molar-refractivity contribution in [1.82, 2.24) is 0 Å². The summed E-state index contributed by atoms with van der Waals surface area (Å²) in [4.78, 5) is 26.1. The number of hydrogen-bond donors (Lipinski definition) is 0. The van der Waals surface area contributed by atoms with E-state index in [9.17, 15) is 9.59 Å². The van der Waals surface area contributed by atoms with E-state index in [1.54, 1.807) is 12.1 Å². The van der Waals surface area contributed by atoms with E-state index in [1.165, 1.54) is 22.3 Å². The highest BCUT2D eigenvalue weighted by Crippen LogP contribution is 2.58. The lowest BCUT2D eigenvalue weighted by molar-refractivity contribution is 0.0444. The molecule has 0 unspecified atom stereocenters. The fourth-order valence-electron chi connectivity index (χ4n) is 9.80. The standard InChI is InChI=1S/C59H42O6/c60-57(43-31-29-39-13-1-3-15-41(39)37-43)64-35-33-62-55-27-11-19-47-49(55)21-9-25-53(47)59(51-23-7-5-17-45(51)46-18-6-8-24-52(46)59)54-26-10-22-50-48(54)20-12-28-56(50)63-34-36-65-58(61)44-32-30-40-14-2-4-16-42(40)38-44/h1-32,37-38H,33-36H2. The maximum Gasteiger partial charge on any atom is 0.338 e. The molecule has 65 heavy (non-hydrogen) atoms. The molecule has 0 bridgehead atoms. The molecule has 11 rings (SSSR count). The molecular formula is C59H42O6. The average Bonchev–Trinajstić information content (AvgIpc) is 3.66. The lowest BCUT2D eigenvalue weighted by Crippen LogP contribution is -2.29. The number of carbonyl (C=O) groups excluding carboxylic acids is 2. The molecule has 10 aromatic carbocycles. The molecule has 10 aromatic rings.